The lowest BCUT2D eigenvalue weighted by molar-refractivity contribution is -0.140. The molecule has 2 heterocycles. The summed E-state index contributed by atoms with van der Waals surface area (Å²) in [7, 11) is 0. The second-order valence-corrected chi connectivity index (χ2v) is 4.59. The number of ether oxygens (including phenoxy) is 2. The maximum atomic E-state index is 11.3. The van der Waals surface area contributed by atoms with Crippen LogP contribution in [0.5, 0.6) is 0 Å². The molecule has 0 aromatic carbocycles. The van der Waals surface area contributed by atoms with Gasteiger partial charge in [0, 0.05) is 17.6 Å². The molecule has 1 aromatic heterocycles. The van der Waals surface area contributed by atoms with Crippen molar-refractivity contribution in [2.75, 3.05) is 13.2 Å². The zero-order valence-corrected chi connectivity index (χ0v) is 9.74. The Morgan fingerprint density at radius 1 is 1.69 bits per heavy atom. The van der Waals surface area contributed by atoms with Crippen molar-refractivity contribution in [1.82, 2.24) is 0 Å². The second kappa shape index (κ2) is 5.82. The Morgan fingerprint density at radius 3 is 3.31 bits per heavy atom. The fraction of sp³-hybridized carbons (Fsp3) is 0.417. The molecule has 2 rings (SSSR count). The average molecular weight is 238 g/mol. The topological polar surface area (TPSA) is 35.5 Å². The van der Waals surface area contributed by atoms with Crippen LogP contribution in [0, 0.1) is 0 Å². The van der Waals surface area contributed by atoms with Crippen molar-refractivity contribution in [3.05, 3.63) is 28.5 Å². The molecule has 1 aliphatic rings. The first kappa shape index (κ1) is 11.4. The third-order valence-corrected chi connectivity index (χ3v) is 3.20. The standard InChI is InChI=1S/C12H14O3S/c13-12(6-5-11-4-2-8-16-11)15-9-10-3-1-7-14-10/h2,4-6,8,10H,1,3,7,9H2/b6-5+/t10-/m0/s1. The van der Waals surface area contributed by atoms with Crippen molar-refractivity contribution < 1.29 is 14.3 Å². The van der Waals surface area contributed by atoms with Crippen LogP contribution in [-0.2, 0) is 14.3 Å². The summed E-state index contributed by atoms with van der Waals surface area (Å²) in [5.41, 5.74) is 0. The highest BCUT2D eigenvalue weighted by Gasteiger charge is 2.16. The Morgan fingerprint density at radius 2 is 2.62 bits per heavy atom. The number of esters is 1. The van der Waals surface area contributed by atoms with Gasteiger partial charge in [-0.3, -0.25) is 0 Å². The minimum atomic E-state index is -0.302. The van der Waals surface area contributed by atoms with E-state index in [1.807, 2.05) is 17.5 Å². The minimum absolute atomic E-state index is 0.0964. The third kappa shape index (κ3) is 3.47. The van der Waals surface area contributed by atoms with Gasteiger partial charge in [-0.1, -0.05) is 6.07 Å². The Labute approximate surface area is 98.7 Å². The predicted molar refractivity (Wildman–Crippen MR) is 63.3 cm³/mol. The predicted octanol–water partition coefficient (Wildman–Crippen LogP) is 2.48. The van der Waals surface area contributed by atoms with E-state index in [0.717, 1.165) is 24.3 Å². The summed E-state index contributed by atoms with van der Waals surface area (Å²) in [5.74, 6) is -0.302. The van der Waals surface area contributed by atoms with Crippen LogP contribution in [-0.4, -0.2) is 25.3 Å². The lowest BCUT2D eigenvalue weighted by Gasteiger charge is -2.08. The summed E-state index contributed by atoms with van der Waals surface area (Å²) >= 11 is 1.59. The normalized spacial score (nSPS) is 20.4. The fourth-order valence-corrected chi connectivity index (χ4v) is 2.15. The number of thiophene rings is 1. The molecule has 1 saturated heterocycles. The lowest BCUT2D eigenvalue weighted by atomic mass is 10.2. The lowest BCUT2D eigenvalue weighted by Crippen LogP contribution is -2.16. The molecular weight excluding hydrogens is 224 g/mol. The van der Waals surface area contributed by atoms with Gasteiger partial charge in [0.05, 0.1) is 6.10 Å². The summed E-state index contributed by atoms with van der Waals surface area (Å²) in [5, 5.41) is 1.97. The molecule has 1 fully saturated rings. The Bertz CT molecular complexity index is 350. The summed E-state index contributed by atoms with van der Waals surface area (Å²) < 4.78 is 10.4. The molecule has 0 N–H and O–H groups in total. The molecule has 0 bridgehead atoms. The van der Waals surface area contributed by atoms with Crippen LogP contribution < -0.4 is 0 Å². The van der Waals surface area contributed by atoms with Crippen LogP contribution >= 0.6 is 11.3 Å². The van der Waals surface area contributed by atoms with E-state index in [9.17, 15) is 4.79 Å². The molecule has 1 aliphatic heterocycles. The first-order valence-corrected chi connectivity index (χ1v) is 6.22. The van der Waals surface area contributed by atoms with Crippen LogP contribution in [0.25, 0.3) is 6.08 Å². The molecule has 0 aliphatic carbocycles. The van der Waals surface area contributed by atoms with Gasteiger partial charge in [0.1, 0.15) is 6.61 Å². The Hall–Kier alpha value is -1.13. The summed E-state index contributed by atoms with van der Waals surface area (Å²) in [6.07, 6.45) is 5.37. The highest BCUT2D eigenvalue weighted by molar-refractivity contribution is 7.10. The quantitative estimate of drug-likeness (QED) is 0.597. The van der Waals surface area contributed by atoms with Gasteiger partial charge in [0.2, 0.25) is 0 Å². The SMILES string of the molecule is O=C(/C=C/c1cccs1)OC[C@@H]1CCCO1. The monoisotopic (exact) mass is 238 g/mol. The molecule has 16 heavy (non-hydrogen) atoms. The number of carbonyl (C=O) groups excluding carboxylic acids is 1. The minimum Gasteiger partial charge on any atom is -0.460 e. The van der Waals surface area contributed by atoms with Crippen molar-refractivity contribution in [1.29, 1.82) is 0 Å². The van der Waals surface area contributed by atoms with Crippen LogP contribution in [0.4, 0.5) is 0 Å². The molecule has 0 spiro atoms. The van der Waals surface area contributed by atoms with Gasteiger partial charge in [-0.05, 0) is 30.4 Å². The molecule has 3 nitrogen and oxygen atoms in total. The fourth-order valence-electron chi connectivity index (χ4n) is 1.54. The second-order valence-electron chi connectivity index (χ2n) is 3.61. The van der Waals surface area contributed by atoms with Crippen molar-refractivity contribution in [2.24, 2.45) is 0 Å². The van der Waals surface area contributed by atoms with E-state index in [4.69, 9.17) is 9.47 Å². The Kier molecular flexibility index (Phi) is 4.13. The third-order valence-electron chi connectivity index (χ3n) is 2.36. The van der Waals surface area contributed by atoms with E-state index < -0.39 is 0 Å². The van der Waals surface area contributed by atoms with Crippen LogP contribution in [0.15, 0.2) is 23.6 Å². The highest BCUT2D eigenvalue weighted by Crippen LogP contribution is 2.13. The molecule has 4 heteroatoms. The molecule has 1 atom stereocenters. The highest BCUT2D eigenvalue weighted by atomic mass is 32.1. The zero-order valence-electron chi connectivity index (χ0n) is 8.93. The average Bonchev–Trinajstić information content (AvgIpc) is 2.96. The van der Waals surface area contributed by atoms with E-state index in [1.54, 1.807) is 17.4 Å². The summed E-state index contributed by atoms with van der Waals surface area (Å²) in [4.78, 5) is 12.4. The first-order chi connectivity index (χ1) is 7.84. The van der Waals surface area contributed by atoms with E-state index in [0.29, 0.717) is 6.61 Å². The van der Waals surface area contributed by atoms with E-state index >= 15 is 0 Å². The van der Waals surface area contributed by atoms with Crippen LogP contribution in [0.3, 0.4) is 0 Å². The summed E-state index contributed by atoms with van der Waals surface area (Å²) in [6, 6.07) is 3.90. The molecule has 0 saturated carbocycles. The number of rotatable bonds is 4. The van der Waals surface area contributed by atoms with Gasteiger partial charge in [0.25, 0.3) is 0 Å². The molecule has 0 amide bonds. The van der Waals surface area contributed by atoms with Gasteiger partial charge in [-0.15, -0.1) is 11.3 Å². The van der Waals surface area contributed by atoms with Crippen LogP contribution in [0.2, 0.25) is 0 Å². The van der Waals surface area contributed by atoms with Gasteiger partial charge >= 0.3 is 5.97 Å². The van der Waals surface area contributed by atoms with E-state index in [1.165, 1.54) is 6.08 Å². The number of carbonyl (C=O) groups is 1. The zero-order chi connectivity index (χ0) is 11.2. The number of hydrogen-bond acceptors (Lipinski definition) is 4. The van der Waals surface area contributed by atoms with Gasteiger partial charge in [-0.25, -0.2) is 4.79 Å². The van der Waals surface area contributed by atoms with E-state index in [-0.39, 0.29) is 12.1 Å². The van der Waals surface area contributed by atoms with Gasteiger partial charge in [-0.2, -0.15) is 0 Å². The molecule has 1 aromatic rings. The largest absolute Gasteiger partial charge is 0.460 e. The summed E-state index contributed by atoms with van der Waals surface area (Å²) in [6.45, 7) is 1.15. The first-order valence-electron chi connectivity index (χ1n) is 5.34. The van der Waals surface area contributed by atoms with E-state index in [2.05, 4.69) is 0 Å². The van der Waals surface area contributed by atoms with Crippen molar-refractivity contribution in [3.63, 3.8) is 0 Å². The molecule has 0 radical (unpaired) electrons. The van der Waals surface area contributed by atoms with Crippen molar-refractivity contribution >= 4 is 23.4 Å². The smallest absolute Gasteiger partial charge is 0.330 e. The van der Waals surface area contributed by atoms with Crippen molar-refractivity contribution in [3.8, 4) is 0 Å². The number of hydrogen-bond donors (Lipinski definition) is 0. The Balaban J connectivity index is 1.71. The van der Waals surface area contributed by atoms with Crippen LogP contribution in [0.1, 0.15) is 17.7 Å². The van der Waals surface area contributed by atoms with Gasteiger partial charge in [0.15, 0.2) is 0 Å². The van der Waals surface area contributed by atoms with Crippen molar-refractivity contribution in [2.45, 2.75) is 18.9 Å². The maximum Gasteiger partial charge on any atom is 0.330 e. The van der Waals surface area contributed by atoms with Gasteiger partial charge < -0.3 is 9.47 Å². The maximum absolute atomic E-state index is 11.3. The molecule has 86 valence electrons. The molecular formula is C12H14O3S. The molecule has 0 unspecified atom stereocenters.